The van der Waals surface area contributed by atoms with Crippen LogP contribution in [0, 0.1) is 0 Å². The molecule has 0 spiro atoms. The molecule has 1 unspecified atom stereocenters. The molecule has 0 aromatic carbocycles. The number of nitrogens with one attached hydrogen (secondary N) is 1. The van der Waals surface area contributed by atoms with Crippen molar-refractivity contribution in [2.45, 2.75) is 38.4 Å². The van der Waals surface area contributed by atoms with Gasteiger partial charge in [-0.05, 0) is 20.3 Å². The van der Waals surface area contributed by atoms with E-state index in [1.54, 1.807) is 6.92 Å². The molecule has 1 atom stereocenters. The molecule has 92 valence electrons. The maximum atomic E-state index is 11.8. The highest BCUT2D eigenvalue weighted by Crippen LogP contribution is 2.23. The number of rotatable bonds is 3. The molecular formula is C8H16N2O5Si. The fraction of sp³-hybridized carbons (Fsp3) is 0.750. The summed E-state index contributed by atoms with van der Waals surface area (Å²) in [6.07, 6.45) is 0.0883. The van der Waals surface area contributed by atoms with Crippen LogP contribution in [0.5, 0.6) is 0 Å². The lowest BCUT2D eigenvalue weighted by Gasteiger charge is -2.28. The lowest BCUT2D eigenvalue weighted by atomic mass is 10.1. The molecule has 0 saturated carbocycles. The summed E-state index contributed by atoms with van der Waals surface area (Å²) in [4.78, 5) is 51.7. The van der Waals surface area contributed by atoms with Gasteiger partial charge in [0, 0.05) is 0 Å². The standard InChI is InChI=1S/C8H16N2O5Si/c1-4-5(16(13,14)15)10-6(11)8(2,3)9-7(10)12/h5,13-15H,4H2,1-3H3,(H,9,12). The maximum Gasteiger partial charge on any atom is 0.517 e. The second-order valence-corrected chi connectivity index (χ2v) is 6.38. The Bertz CT molecular complexity index is 325. The maximum absolute atomic E-state index is 11.8. The molecule has 1 aliphatic rings. The van der Waals surface area contributed by atoms with E-state index in [1.165, 1.54) is 13.8 Å². The molecule has 0 aromatic heterocycles. The van der Waals surface area contributed by atoms with Gasteiger partial charge in [0.15, 0.2) is 0 Å². The van der Waals surface area contributed by atoms with Crippen molar-refractivity contribution in [1.29, 1.82) is 0 Å². The van der Waals surface area contributed by atoms with Crippen LogP contribution in [0.3, 0.4) is 0 Å². The van der Waals surface area contributed by atoms with Crippen molar-refractivity contribution in [3.05, 3.63) is 0 Å². The minimum Gasteiger partial charge on any atom is -0.389 e. The lowest BCUT2D eigenvalue weighted by molar-refractivity contribution is -0.131. The fourth-order valence-corrected chi connectivity index (χ4v) is 2.82. The first-order valence-corrected chi connectivity index (χ1v) is 6.86. The number of nitrogens with zero attached hydrogens (tertiary/aromatic N) is 1. The normalized spacial score (nSPS) is 22.2. The highest BCUT2D eigenvalue weighted by atomic mass is 28.4. The number of hydrogen-bond acceptors (Lipinski definition) is 5. The molecule has 1 saturated heterocycles. The number of carbonyl (C=O) groups is 2. The van der Waals surface area contributed by atoms with Gasteiger partial charge in [0.1, 0.15) is 11.2 Å². The Hall–Kier alpha value is -0.963. The minimum atomic E-state index is -4.55. The molecule has 1 aliphatic heterocycles. The Morgan fingerprint density at radius 1 is 1.38 bits per heavy atom. The van der Waals surface area contributed by atoms with Gasteiger partial charge in [-0.25, -0.2) is 4.79 Å². The number of imide groups is 1. The quantitative estimate of drug-likeness (QED) is 0.361. The van der Waals surface area contributed by atoms with Crippen LogP contribution in [0.15, 0.2) is 0 Å². The summed E-state index contributed by atoms with van der Waals surface area (Å²) in [6, 6.07) is -0.712. The largest absolute Gasteiger partial charge is 0.517 e. The first-order valence-electron chi connectivity index (χ1n) is 4.94. The van der Waals surface area contributed by atoms with Crippen molar-refractivity contribution in [3.8, 4) is 0 Å². The monoisotopic (exact) mass is 248 g/mol. The molecule has 0 aliphatic carbocycles. The fourth-order valence-electron chi connectivity index (χ4n) is 1.69. The van der Waals surface area contributed by atoms with Crippen molar-refractivity contribution >= 4 is 20.7 Å². The Morgan fingerprint density at radius 2 is 1.88 bits per heavy atom. The van der Waals surface area contributed by atoms with E-state index in [-0.39, 0.29) is 6.42 Å². The zero-order chi connectivity index (χ0) is 12.7. The molecule has 0 radical (unpaired) electrons. The summed E-state index contributed by atoms with van der Waals surface area (Å²) in [7, 11) is -4.55. The second-order valence-electron chi connectivity index (χ2n) is 4.34. The van der Waals surface area contributed by atoms with E-state index in [4.69, 9.17) is 0 Å². The van der Waals surface area contributed by atoms with Crippen LogP contribution in [-0.2, 0) is 4.79 Å². The van der Waals surface area contributed by atoms with Gasteiger partial charge in [-0.2, -0.15) is 0 Å². The molecule has 0 bridgehead atoms. The van der Waals surface area contributed by atoms with Crippen LogP contribution >= 0.6 is 0 Å². The Balaban J connectivity index is 3.05. The van der Waals surface area contributed by atoms with Crippen molar-refractivity contribution in [3.63, 3.8) is 0 Å². The molecule has 0 aromatic rings. The summed E-state index contributed by atoms with van der Waals surface area (Å²) >= 11 is 0. The van der Waals surface area contributed by atoms with E-state index in [0.29, 0.717) is 4.90 Å². The summed E-state index contributed by atoms with van der Waals surface area (Å²) in [5.74, 6) is -0.571. The van der Waals surface area contributed by atoms with E-state index < -0.39 is 31.9 Å². The van der Waals surface area contributed by atoms with Crippen LogP contribution in [0.4, 0.5) is 4.79 Å². The van der Waals surface area contributed by atoms with Crippen LogP contribution in [0.2, 0.25) is 0 Å². The third-order valence-electron chi connectivity index (χ3n) is 2.54. The van der Waals surface area contributed by atoms with E-state index in [0.717, 1.165) is 0 Å². The van der Waals surface area contributed by atoms with E-state index in [9.17, 15) is 24.0 Å². The summed E-state index contributed by atoms with van der Waals surface area (Å²) in [5, 5.41) is 2.41. The van der Waals surface area contributed by atoms with Crippen LogP contribution in [-0.4, -0.2) is 51.2 Å². The van der Waals surface area contributed by atoms with Crippen molar-refractivity contribution in [2.24, 2.45) is 0 Å². The molecule has 16 heavy (non-hydrogen) atoms. The Morgan fingerprint density at radius 3 is 2.12 bits per heavy atom. The van der Waals surface area contributed by atoms with Crippen LogP contribution in [0.25, 0.3) is 0 Å². The molecule has 3 amide bonds. The smallest absolute Gasteiger partial charge is 0.389 e. The molecule has 7 nitrogen and oxygen atoms in total. The summed E-state index contributed by atoms with van der Waals surface area (Å²) in [5.41, 5.74) is -2.33. The highest BCUT2D eigenvalue weighted by Gasteiger charge is 2.54. The van der Waals surface area contributed by atoms with Gasteiger partial charge in [-0.1, -0.05) is 6.92 Å². The van der Waals surface area contributed by atoms with E-state index in [2.05, 4.69) is 5.32 Å². The molecule has 8 heteroatoms. The average molecular weight is 248 g/mol. The molecule has 4 N–H and O–H groups in total. The molecule has 1 heterocycles. The molecule has 1 rings (SSSR count). The Kier molecular flexibility index (Phi) is 3.12. The van der Waals surface area contributed by atoms with Crippen molar-refractivity contribution in [2.75, 3.05) is 0 Å². The van der Waals surface area contributed by atoms with Crippen LogP contribution in [0.1, 0.15) is 27.2 Å². The highest BCUT2D eigenvalue weighted by molar-refractivity contribution is 6.58. The van der Waals surface area contributed by atoms with Gasteiger partial charge < -0.3 is 19.7 Å². The van der Waals surface area contributed by atoms with Gasteiger partial charge in [0.05, 0.1) is 0 Å². The molecular weight excluding hydrogens is 232 g/mol. The van der Waals surface area contributed by atoms with E-state index >= 15 is 0 Å². The van der Waals surface area contributed by atoms with Gasteiger partial charge in [0.2, 0.25) is 0 Å². The summed E-state index contributed by atoms with van der Waals surface area (Å²) < 4.78 is 0. The second kappa shape index (κ2) is 3.81. The average Bonchev–Trinajstić information content (AvgIpc) is 2.26. The predicted octanol–water partition coefficient (Wildman–Crippen LogP) is -1.45. The van der Waals surface area contributed by atoms with Crippen molar-refractivity contribution in [1.82, 2.24) is 10.2 Å². The number of urea groups is 1. The van der Waals surface area contributed by atoms with E-state index in [1.807, 2.05) is 0 Å². The van der Waals surface area contributed by atoms with Gasteiger partial charge in [0.25, 0.3) is 5.91 Å². The van der Waals surface area contributed by atoms with Gasteiger partial charge in [-0.3, -0.25) is 9.69 Å². The Labute approximate surface area is 94.1 Å². The van der Waals surface area contributed by atoms with Gasteiger partial charge in [-0.15, -0.1) is 0 Å². The zero-order valence-electron chi connectivity index (χ0n) is 9.39. The number of amides is 3. The first-order chi connectivity index (χ1) is 7.11. The third-order valence-corrected chi connectivity index (χ3v) is 4.10. The molecule has 1 fully saturated rings. The topological polar surface area (TPSA) is 110 Å². The zero-order valence-corrected chi connectivity index (χ0v) is 10.4. The summed E-state index contributed by atoms with van der Waals surface area (Å²) in [6.45, 7) is 4.57. The lowest BCUT2D eigenvalue weighted by Crippen LogP contribution is -2.59. The first kappa shape index (κ1) is 13.1. The van der Waals surface area contributed by atoms with Crippen LogP contribution < -0.4 is 5.32 Å². The number of carbonyl (C=O) groups excluding carboxylic acids is 2. The predicted molar refractivity (Wildman–Crippen MR) is 55.9 cm³/mol. The van der Waals surface area contributed by atoms with Crippen molar-refractivity contribution < 1.29 is 24.0 Å². The SMILES string of the molecule is CCC(N1C(=O)NC(C)(C)C1=O)[Si](O)(O)O. The van der Waals surface area contributed by atoms with Gasteiger partial charge >= 0.3 is 14.8 Å². The third kappa shape index (κ3) is 2.09. The number of hydrogen-bond donors (Lipinski definition) is 4. The minimum absolute atomic E-state index is 0.0883.